The zero-order valence-corrected chi connectivity index (χ0v) is 17.5. The number of hydrogen-bond acceptors (Lipinski definition) is 3. The molecule has 0 radical (unpaired) electrons. The van der Waals surface area contributed by atoms with E-state index in [-0.39, 0.29) is 17.9 Å². The van der Waals surface area contributed by atoms with E-state index in [1.807, 2.05) is 23.1 Å². The first-order valence-corrected chi connectivity index (χ1v) is 11.6. The summed E-state index contributed by atoms with van der Waals surface area (Å²) in [4.78, 5) is 30.1. The molecule has 1 atom stereocenters. The summed E-state index contributed by atoms with van der Waals surface area (Å²) in [7, 11) is 0. The van der Waals surface area contributed by atoms with E-state index in [9.17, 15) is 9.59 Å². The summed E-state index contributed by atoms with van der Waals surface area (Å²) in [5, 5.41) is 3.21. The summed E-state index contributed by atoms with van der Waals surface area (Å²) in [5.41, 5.74) is 1.26. The first-order chi connectivity index (χ1) is 14.2. The van der Waals surface area contributed by atoms with Crippen LogP contribution in [0, 0.1) is 11.8 Å². The molecule has 4 rings (SSSR count). The molecule has 158 valence electrons. The van der Waals surface area contributed by atoms with Crippen molar-refractivity contribution in [2.24, 2.45) is 11.8 Å². The minimum atomic E-state index is -0.0331. The van der Waals surface area contributed by atoms with Crippen molar-refractivity contribution in [3.05, 3.63) is 35.9 Å². The van der Waals surface area contributed by atoms with Gasteiger partial charge in [0, 0.05) is 38.6 Å². The standard InChI is InChI=1S/C24H35N3O2/c28-23(25-14-13-19-7-2-1-3-8-19)22(20-9-4-5-10-20)26-15-17-27(18-16-26)24(29)21-11-6-12-21/h1-3,7-8,20-22H,4-6,9-18H2,(H,25,28). The van der Waals surface area contributed by atoms with Gasteiger partial charge in [-0.1, -0.05) is 49.6 Å². The van der Waals surface area contributed by atoms with E-state index in [1.165, 1.54) is 24.8 Å². The quantitative estimate of drug-likeness (QED) is 0.770. The van der Waals surface area contributed by atoms with Gasteiger partial charge in [0.1, 0.15) is 0 Å². The molecule has 1 heterocycles. The number of piperazine rings is 1. The van der Waals surface area contributed by atoms with Crippen LogP contribution in [0.3, 0.4) is 0 Å². The third-order valence-electron chi connectivity index (χ3n) is 7.14. The Labute approximate surface area is 174 Å². The molecule has 1 aromatic carbocycles. The number of nitrogens with zero attached hydrogens (tertiary/aromatic N) is 2. The van der Waals surface area contributed by atoms with Crippen LogP contribution in [0.1, 0.15) is 50.5 Å². The van der Waals surface area contributed by atoms with Crippen LogP contribution in [-0.2, 0) is 16.0 Å². The molecule has 2 amide bonds. The van der Waals surface area contributed by atoms with Crippen molar-refractivity contribution >= 4 is 11.8 Å². The van der Waals surface area contributed by atoms with Crippen molar-refractivity contribution in [3.63, 3.8) is 0 Å². The number of nitrogens with one attached hydrogen (secondary N) is 1. The van der Waals surface area contributed by atoms with E-state index < -0.39 is 0 Å². The Morgan fingerprint density at radius 3 is 2.24 bits per heavy atom. The number of carbonyl (C=O) groups excluding carboxylic acids is 2. The molecular weight excluding hydrogens is 362 g/mol. The van der Waals surface area contributed by atoms with E-state index in [2.05, 4.69) is 22.3 Å². The summed E-state index contributed by atoms with van der Waals surface area (Å²) in [6.45, 7) is 3.88. The molecule has 5 nitrogen and oxygen atoms in total. The maximum absolute atomic E-state index is 13.2. The SMILES string of the molecule is O=C(NCCc1ccccc1)C(C1CCCC1)N1CCN(C(=O)C2CCC2)CC1. The fourth-order valence-electron chi connectivity index (χ4n) is 5.16. The zero-order valence-electron chi connectivity index (χ0n) is 17.5. The van der Waals surface area contributed by atoms with Gasteiger partial charge < -0.3 is 10.2 Å². The van der Waals surface area contributed by atoms with Gasteiger partial charge in [0.2, 0.25) is 11.8 Å². The first kappa shape index (κ1) is 20.4. The largest absolute Gasteiger partial charge is 0.354 e. The van der Waals surface area contributed by atoms with Crippen LogP contribution in [-0.4, -0.2) is 60.4 Å². The molecule has 2 saturated carbocycles. The van der Waals surface area contributed by atoms with Gasteiger partial charge in [-0.25, -0.2) is 0 Å². The molecule has 3 aliphatic rings. The van der Waals surface area contributed by atoms with Crippen LogP contribution in [0.25, 0.3) is 0 Å². The van der Waals surface area contributed by atoms with E-state index in [0.29, 0.717) is 18.4 Å². The summed E-state index contributed by atoms with van der Waals surface area (Å²) in [6.07, 6.45) is 8.96. The molecule has 1 N–H and O–H groups in total. The second kappa shape index (κ2) is 9.75. The van der Waals surface area contributed by atoms with Crippen LogP contribution in [0.2, 0.25) is 0 Å². The molecule has 1 saturated heterocycles. The van der Waals surface area contributed by atoms with Crippen molar-refractivity contribution in [3.8, 4) is 0 Å². The Morgan fingerprint density at radius 1 is 0.931 bits per heavy atom. The molecule has 0 spiro atoms. The van der Waals surface area contributed by atoms with E-state index in [4.69, 9.17) is 0 Å². The van der Waals surface area contributed by atoms with Crippen LogP contribution in [0.15, 0.2) is 30.3 Å². The average molecular weight is 398 g/mol. The number of hydrogen-bond donors (Lipinski definition) is 1. The maximum atomic E-state index is 13.2. The smallest absolute Gasteiger partial charge is 0.237 e. The fourth-order valence-corrected chi connectivity index (χ4v) is 5.16. The molecule has 1 aromatic rings. The minimum absolute atomic E-state index is 0.0331. The van der Waals surface area contributed by atoms with Gasteiger partial charge in [-0.15, -0.1) is 0 Å². The summed E-state index contributed by atoms with van der Waals surface area (Å²) >= 11 is 0. The normalized spacial score (nSPS) is 22.3. The highest BCUT2D eigenvalue weighted by Crippen LogP contribution is 2.32. The van der Waals surface area contributed by atoms with Gasteiger partial charge in [-0.3, -0.25) is 14.5 Å². The molecule has 0 aromatic heterocycles. The minimum Gasteiger partial charge on any atom is -0.354 e. The summed E-state index contributed by atoms with van der Waals surface area (Å²) in [5.74, 6) is 1.27. The van der Waals surface area contributed by atoms with Crippen molar-refractivity contribution in [2.45, 2.75) is 57.4 Å². The fraction of sp³-hybridized carbons (Fsp3) is 0.667. The Hall–Kier alpha value is -1.88. The Kier molecular flexibility index (Phi) is 6.86. The molecule has 5 heteroatoms. The topological polar surface area (TPSA) is 52.7 Å². The zero-order chi connectivity index (χ0) is 20.1. The monoisotopic (exact) mass is 397 g/mol. The molecule has 29 heavy (non-hydrogen) atoms. The molecule has 2 aliphatic carbocycles. The van der Waals surface area contributed by atoms with Gasteiger partial charge in [-0.05, 0) is 43.6 Å². The molecular formula is C24H35N3O2. The number of carbonyl (C=O) groups is 2. The second-order valence-corrected chi connectivity index (χ2v) is 9.01. The lowest BCUT2D eigenvalue weighted by Crippen LogP contribution is -2.58. The highest BCUT2D eigenvalue weighted by molar-refractivity contribution is 5.82. The highest BCUT2D eigenvalue weighted by atomic mass is 16.2. The van der Waals surface area contributed by atoms with Gasteiger partial charge in [-0.2, -0.15) is 0 Å². The van der Waals surface area contributed by atoms with Gasteiger partial charge in [0.05, 0.1) is 6.04 Å². The number of amides is 2. The van der Waals surface area contributed by atoms with E-state index in [1.54, 1.807) is 0 Å². The van der Waals surface area contributed by atoms with Gasteiger partial charge >= 0.3 is 0 Å². The number of rotatable bonds is 7. The Balaban J connectivity index is 1.32. The van der Waals surface area contributed by atoms with Gasteiger partial charge in [0.25, 0.3) is 0 Å². The van der Waals surface area contributed by atoms with Crippen LogP contribution in [0.4, 0.5) is 0 Å². The summed E-state index contributed by atoms with van der Waals surface area (Å²) < 4.78 is 0. The predicted octanol–water partition coefficient (Wildman–Crippen LogP) is 2.85. The van der Waals surface area contributed by atoms with Gasteiger partial charge in [0.15, 0.2) is 0 Å². The lowest BCUT2D eigenvalue weighted by Gasteiger charge is -2.42. The third kappa shape index (κ3) is 5.00. The predicted molar refractivity (Wildman–Crippen MR) is 114 cm³/mol. The van der Waals surface area contributed by atoms with E-state index in [0.717, 1.165) is 58.3 Å². The van der Waals surface area contributed by atoms with Crippen LogP contribution in [0.5, 0.6) is 0 Å². The third-order valence-corrected chi connectivity index (χ3v) is 7.14. The van der Waals surface area contributed by atoms with Crippen molar-refractivity contribution in [1.82, 2.24) is 15.1 Å². The maximum Gasteiger partial charge on any atom is 0.237 e. The van der Waals surface area contributed by atoms with Crippen LogP contribution < -0.4 is 5.32 Å². The molecule has 0 bridgehead atoms. The van der Waals surface area contributed by atoms with Crippen molar-refractivity contribution < 1.29 is 9.59 Å². The van der Waals surface area contributed by atoms with Crippen LogP contribution >= 0.6 is 0 Å². The summed E-state index contributed by atoms with van der Waals surface area (Å²) in [6, 6.07) is 10.3. The Bertz CT molecular complexity index is 675. The average Bonchev–Trinajstić information content (AvgIpc) is 3.22. The second-order valence-electron chi connectivity index (χ2n) is 9.01. The lowest BCUT2D eigenvalue weighted by atomic mass is 9.84. The Morgan fingerprint density at radius 2 is 1.62 bits per heavy atom. The highest BCUT2D eigenvalue weighted by Gasteiger charge is 2.38. The van der Waals surface area contributed by atoms with Crippen molar-refractivity contribution in [1.29, 1.82) is 0 Å². The first-order valence-electron chi connectivity index (χ1n) is 11.6. The lowest BCUT2D eigenvalue weighted by molar-refractivity contribution is -0.141. The molecule has 3 fully saturated rings. The number of benzene rings is 1. The van der Waals surface area contributed by atoms with Crippen molar-refractivity contribution in [2.75, 3.05) is 32.7 Å². The van der Waals surface area contributed by atoms with E-state index >= 15 is 0 Å². The molecule has 1 aliphatic heterocycles. The molecule has 1 unspecified atom stereocenters.